The molecule has 0 amide bonds. The lowest BCUT2D eigenvalue weighted by Gasteiger charge is -2.40. The number of ether oxygens (including phenoxy) is 1. The lowest BCUT2D eigenvalue weighted by atomic mass is 9.95. The molecule has 1 unspecified atom stereocenters. The lowest BCUT2D eigenvalue weighted by molar-refractivity contribution is -0.149. The van der Waals surface area contributed by atoms with Crippen LogP contribution in [-0.2, 0) is 9.53 Å². The number of likely N-dealkylation sites (tertiary alicyclic amines) is 1. The van der Waals surface area contributed by atoms with E-state index in [1.165, 1.54) is 5.56 Å². The fourth-order valence-corrected chi connectivity index (χ4v) is 3.96. The zero-order chi connectivity index (χ0) is 17.5. The summed E-state index contributed by atoms with van der Waals surface area (Å²) in [6.45, 7) is 9.70. The summed E-state index contributed by atoms with van der Waals surface area (Å²) in [5.41, 5.74) is 1.40. The average molecular weight is 345 g/mol. The van der Waals surface area contributed by atoms with Crippen molar-refractivity contribution in [3.05, 3.63) is 35.9 Å². The maximum atomic E-state index is 11.9. The molecule has 1 atom stereocenters. The molecule has 0 aliphatic carbocycles. The van der Waals surface area contributed by atoms with E-state index in [1.54, 1.807) is 0 Å². The van der Waals surface area contributed by atoms with E-state index >= 15 is 0 Å². The maximum absolute atomic E-state index is 11.9. The summed E-state index contributed by atoms with van der Waals surface area (Å²) in [7, 11) is 0. The highest BCUT2D eigenvalue weighted by Gasteiger charge is 2.29. The predicted molar refractivity (Wildman–Crippen MR) is 99.4 cm³/mol. The highest BCUT2D eigenvalue weighted by molar-refractivity contribution is 5.72. The Labute approximate surface area is 151 Å². The molecule has 0 spiro atoms. The fourth-order valence-electron chi connectivity index (χ4n) is 3.96. The summed E-state index contributed by atoms with van der Waals surface area (Å²) in [5, 5.41) is 3.45. The highest BCUT2D eigenvalue weighted by atomic mass is 16.5. The summed E-state index contributed by atoms with van der Waals surface area (Å²) in [6.07, 6.45) is 1.84. The van der Waals surface area contributed by atoms with E-state index in [-0.39, 0.29) is 11.9 Å². The van der Waals surface area contributed by atoms with Crippen LogP contribution in [0.3, 0.4) is 0 Å². The number of esters is 1. The molecule has 1 aromatic rings. The minimum absolute atomic E-state index is 0.0103. The Hall–Kier alpha value is -1.43. The van der Waals surface area contributed by atoms with Gasteiger partial charge in [-0.05, 0) is 38.4 Å². The van der Waals surface area contributed by atoms with E-state index in [4.69, 9.17) is 4.74 Å². The van der Waals surface area contributed by atoms with Crippen molar-refractivity contribution in [3.63, 3.8) is 0 Å². The number of hydrogen-bond acceptors (Lipinski definition) is 5. The first-order valence-electron chi connectivity index (χ1n) is 9.66. The van der Waals surface area contributed by atoms with Crippen LogP contribution in [0.15, 0.2) is 30.3 Å². The molecule has 0 bridgehead atoms. The predicted octanol–water partition coefficient (Wildman–Crippen LogP) is 1.91. The van der Waals surface area contributed by atoms with Crippen LogP contribution < -0.4 is 5.32 Å². The van der Waals surface area contributed by atoms with E-state index in [9.17, 15) is 4.79 Å². The molecular formula is C20H31N3O2. The molecule has 5 heteroatoms. The zero-order valence-corrected chi connectivity index (χ0v) is 15.3. The van der Waals surface area contributed by atoms with Gasteiger partial charge in [0, 0.05) is 38.8 Å². The number of hydrogen-bond donors (Lipinski definition) is 1. The number of benzene rings is 1. The molecule has 0 saturated carbocycles. The minimum Gasteiger partial charge on any atom is -0.466 e. The molecule has 2 saturated heterocycles. The van der Waals surface area contributed by atoms with Crippen molar-refractivity contribution in [1.29, 1.82) is 0 Å². The monoisotopic (exact) mass is 345 g/mol. The van der Waals surface area contributed by atoms with Gasteiger partial charge < -0.3 is 15.0 Å². The van der Waals surface area contributed by atoms with Gasteiger partial charge in [0.1, 0.15) is 0 Å². The minimum atomic E-state index is -0.0103. The summed E-state index contributed by atoms with van der Waals surface area (Å²) >= 11 is 0. The molecule has 0 aromatic heterocycles. The second-order valence-corrected chi connectivity index (χ2v) is 7.04. The largest absolute Gasteiger partial charge is 0.466 e. The first kappa shape index (κ1) is 18.4. The number of nitrogens with zero attached hydrogens (tertiary/aromatic N) is 2. The summed E-state index contributed by atoms with van der Waals surface area (Å²) in [4.78, 5) is 17.1. The van der Waals surface area contributed by atoms with Crippen LogP contribution in [0.4, 0.5) is 0 Å². The van der Waals surface area contributed by atoms with Crippen molar-refractivity contribution < 1.29 is 9.53 Å². The van der Waals surface area contributed by atoms with Gasteiger partial charge in [-0.2, -0.15) is 0 Å². The Morgan fingerprint density at radius 3 is 2.48 bits per heavy atom. The summed E-state index contributed by atoms with van der Waals surface area (Å²) in [6, 6.07) is 11.3. The van der Waals surface area contributed by atoms with Crippen LogP contribution in [-0.4, -0.2) is 68.2 Å². The fraction of sp³-hybridized carbons (Fsp3) is 0.650. The van der Waals surface area contributed by atoms with Crippen LogP contribution in [0, 0.1) is 5.92 Å². The van der Waals surface area contributed by atoms with Gasteiger partial charge in [-0.1, -0.05) is 30.3 Å². The Morgan fingerprint density at radius 2 is 1.84 bits per heavy atom. The van der Waals surface area contributed by atoms with Gasteiger partial charge in [-0.15, -0.1) is 0 Å². The van der Waals surface area contributed by atoms with Crippen LogP contribution in [0.1, 0.15) is 31.4 Å². The van der Waals surface area contributed by atoms with Crippen molar-refractivity contribution >= 4 is 5.97 Å². The van der Waals surface area contributed by atoms with Gasteiger partial charge in [-0.25, -0.2) is 0 Å². The zero-order valence-electron chi connectivity index (χ0n) is 15.3. The third-order valence-electron chi connectivity index (χ3n) is 5.42. The van der Waals surface area contributed by atoms with Crippen molar-refractivity contribution in [3.8, 4) is 0 Å². The molecule has 25 heavy (non-hydrogen) atoms. The summed E-state index contributed by atoms with van der Waals surface area (Å²) < 4.78 is 5.19. The molecule has 3 rings (SSSR count). The normalized spacial score (nSPS) is 21.8. The van der Waals surface area contributed by atoms with Crippen molar-refractivity contribution in [2.45, 2.75) is 25.8 Å². The van der Waals surface area contributed by atoms with Crippen molar-refractivity contribution in [2.24, 2.45) is 5.92 Å². The van der Waals surface area contributed by atoms with Gasteiger partial charge in [0.2, 0.25) is 0 Å². The first-order valence-corrected chi connectivity index (χ1v) is 9.66. The van der Waals surface area contributed by atoms with Gasteiger partial charge >= 0.3 is 5.97 Å². The van der Waals surface area contributed by atoms with Gasteiger partial charge in [0.15, 0.2) is 0 Å². The van der Waals surface area contributed by atoms with Crippen molar-refractivity contribution in [2.75, 3.05) is 52.4 Å². The second-order valence-electron chi connectivity index (χ2n) is 7.04. The first-order chi connectivity index (χ1) is 12.3. The Kier molecular flexibility index (Phi) is 6.84. The number of carbonyl (C=O) groups is 1. The third kappa shape index (κ3) is 5.03. The van der Waals surface area contributed by atoms with Gasteiger partial charge in [-0.3, -0.25) is 9.69 Å². The van der Waals surface area contributed by atoms with Crippen LogP contribution in [0.5, 0.6) is 0 Å². The van der Waals surface area contributed by atoms with E-state index in [0.29, 0.717) is 12.6 Å². The Morgan fingerprint density at radius 1 is 1.16 bits per heavy atom. The quantitative estimate of drug-likeness (QED) is 0.798. The second kappa shape index (κ2) is 9.32. The molecule has 5 nitrogen and oxygen atoms in total. The smallest absolute Gasteiger partial charge is 0.309 e. The molecule has 1 N–H and O–H groups in total. The molecule has 2 aliphatic heterocycles. The number of carbonyl (C=O) groups excluding carboxylic acids is 1. The lowest BCUT2D eigenvalue weighted by Crippen LogP contribution is -2.49. The van der Waals surface area contributed by atoms with E-state index < -0.39 is 0 Å². The standard InChI is InChI=1S/C20H31N3O2/c1-2-25-20(24)18-8-12-22(13-9-18)16-19(17-6-4-3-5-7-17)23-14-10-21-11-15-23/h3-7,18-19,21H,2,8-16H2,1H3. The molecule has 2 aliphatic rings. The maximum Gasteiger partial charge on any atom is 0.309 e. The van der Waals surface area contributed by atoms with Crippen LogP contribution >= 0.6 is 0 Å². The Bertz CT molecular complexity index is 523. The molecular weight excluding hydrogens is 314 g/mol. The highest BCUT2D eigenvalue weighted by Crippen LogP contribution is 2.25. The number of nitrogens with one attached hydrogen (secondary N) is 1. The summed E-state index contributed by atoms with van der Waals surface area (Å²) in [5.74, 6) is 0.0782. The van der Waals surface area contributed by atoms with E-state index in [1.807, 2.05) is 6.92 Å². The SMILES string of the molecule is CCOC(=O)C1CCN(CC(c2ccccc2)N2CCNCC2)CC1. The van der Waals surface area contributed by atoms with E-state index in [0.717, 1.165) is 58.7 Å². The van der Waals surface area contributed by atoms with E-state index in [2.05, 4.69) is 45.4 Å². The topological polar surface area (TPSA) is 44.8 Å². The molecule has 2 heterocycles. The van der Waals surface area contributed by atoms with Crippen LogP contribution in [0.25, 0.3) is 0 Å². The molecule has 138 valence electrons. The van der Waals surface area contributed by atoms with Crippen molar-refractivity contribution in [1.82, 2.24) is 15.1 Å². The number of piperazine rings is 1. The third-order valence-corrected chi connectivity index (χ3v) is 5.42. The Balaban J connectivity index is 1.60. The van der Waals surface area contributed by atoms with Crippen LogP contribution in [0.2, 0.25) is 0 Å². The van der Waals surface area contributed by atoms with Gasteiger partial charge in [0.25, 0.3) is 0 Å². The molecule has 2 fully saturated rings. The molecule has 1 aromatic carbocycles. The number of piperidine rings is 1. The molecule has 0 radical (unpaired) electrons. The number of rotatable bonds is 6. The van der Waals surface area contributed by atoms with Gasteiger partial charge in [0.05, 0.1) is 12.5 Å². The average Bonchev–Trinajstić information content (AvgIpc) is 2.68.